The summed E-state index contributed by atoms with van der Waals surface area (Å²) in [4.78, 5) is 35.6. The molecule has 2 rings (SSSR count). The highest BCUT2D eigenvalue weighted by Gasteiger charge is 2.10. The first-order valence-electron chi connectivity index (χ1n) is 9.10. The lowest BCUT2D eigenvalue weighted by Crippen LogP contribution is -2.41. The van der Waals surface area contributed by atoms with E-state index in [1.807, 2.05) is 19.1 Å². The Morgan fingerprint density at radius 1 is 0.897 bits per heavy atom. The van der Waals surface area contributed by atoms with Crippen LogP contribution in [0.15, 0.2) is 42.5 Å². The lowest BCUT2D eigenvalue weighted by Gasteiger charge is -2.09. The van der Waals surface area contributed by atoms with Crippen molar-refractivity contribution in [1.29, 1.82) is 0 Å². The second-order valence-electron chi connectivity index (χ2n) is 6.41. The number of ether oxygens (including phenoxy) is 1. The molecule has 0 aliphatic rings. The van der Waals surface area contributed by atoms with E-state index in [9.17, 15) is 14.4 Å². The second kappa shape index (κ2) is 11.4. The standard InChI is InChI=1S/C21H22Cl2N2O4/c1-14-4-6-15(7-5-14)18(26)9-11-21(28)25-24-20(27)3-2-12-29-19-10-8-16(22)13-17(19)23/h4-8,10,13H,2-3,9,11-12H2,1H3,(H,24,27)(H,25,28). The van der Waals surface area contributed by atoms with Crippen LogP contribution in [0, 0.1) is 6.92 Å². The molecule has 0 bridgehead atoms. The molecule has 2 aromatic carbocycles. The van der Waals surface area contributed by atoms with Crippen molar-refractivity contribution < 1.29 is 19.1 Å². The van der Waals surface area contributed by atoms with E-state index < -0.39 is 5.91 Å². The van der Waals surface area contributed by atoms with E-state index in [-0.39, 0.29) is 37.6 Å². The van der Waals surface area contributed by atoms with Crippen molar-refractivity contribution in [2.24, 2.45) is 0 Å². The maximum atomic E-state index is 12.0. The summed E-state index contributed by atoms with van der Waals surface area (Å²) in [6.07, 6.45) is 0.659. The number of rotatable bonds is 9. The van der Waals surface area contributed by atoms with Crippen molar-refractivity contribution in [3.8, 4) is 5.75 Å². The lowest BCUT2D eigenvalue weighted by molar-refractivity contribution is -0.129. The van der Waals surface area contributed by atoms with Gasteiger partial charge in [0.15, 0.2) is 5.78 Å². The van der Waals surface area contributed by atoms with Crippen LogP contribution in [0.4, 0.5) is 0 Å². The molecule has 154 valence electrons. The first-order valence-corrected chi connectivity index (χ1v) is 9.86. The third kappa shape index (κ3) is 8.13. The third-order valence-electron chi connectivity index (χ3n) is 3.99. The van der Waals surface area contributed by atoms with Crippen molar-refractivity contribution in [3.05, 3.63) is 63.6 Å². The molecule has 2 aromatic rings. The van der Waals surface area contributed by atoms with Gasteiger partial charge in [-0.1, -0.05) is 53.0 Å². The molecule has 0 fully saturated rings. The Bertz CT molecular complexity index is 869. The maximum Gasteiger partial charge on any atom is 0.238 e. The fraction of sp³-hybridized carbons (Fsp3) is 0.286. The van der Waals surface area contributed by atoms with Crippen LogP contribution in [0.2, 0.25) is 10.0 Å². The number of hydrogen-bond acceptors (Lipinski definition) is 4. The van der Waals surface area contributed by atoms with Gasteiger partial charge in [-0.2, -0.15) is 0 Å². The highest BCUT2D eigenvalue weighted by Crippen LogP contribution is 2.27. The van der Waals surface area contributed by atoms with Crippen LogP contribution in [0.3, 0.4) is 0 Å². The fourth-order valence-electron chi connectivity index (χ4n) is 2.38. The minimum Gasteiger partial charge on any atom is -0.492 e. The van der Waals surface area contributed by atoms with E-state index in [4.69, 9.17) is 27.9 Å². The van der Waals surface area contributed by atoms with Gasteiger partial charge < -0.3 is 4.74 Å². The van der Waals surface area contributed by atoms with E-state index in [1.165, 1.54) is 0 Å². The van der Waals surface area contributed by atoms with Crippen LogP contribution >= 0.6 is 23.2 Å². The van der Waals surface area contributed by atoms with Gasteiger partial charge in [0.2, 0.25) is 11.8 Å². The van der Waals surface area contributed by atoms with Crippen molar-refractivity contribution in [1.82, 2.24) is 10.9 Å². The molecule has 0 heterocycles. The van der Waals surface area contributed by atoms with Gasteiger partial charge in [-0.25, -0.2) is 0 Å². The number of hydrogen-bond donors (Lipinski definition) is 2. The van der Waals surface area contributed by atoms with Crippen LogP contribution < -0.4 is 15.6 Å². The highest BCUT2D eigenvalue weighted by molar-refractivity contribution is 6.35. The average Bonchev–Trinajstić information content (AvgIpc) is 2.69. The van der Waals surface area contributed by atoms with E-state index in [0.717, 1.165) is 5.56 Å². The summed E-state index contributed by atoms with van der Waals surface area (Å²) in [5.41, 5.74) is 6.25. The second-order valence-corrected chi connectivity index (χ2v) is 7.26. The molecule has 0 aliphatic heterocycles. The van der Waals surface area contributed by atoms with Crippen molar-refractivity contribution >= 4 is 40.8 Å². The monoisotopic (exact) mass is 436 g/mol. The Morgan fingerprint density at radius 3 is 2.21 bits per heavy atom. The molecule has 0 aromatic heterocycles. The van der Waals surface area contributed by atoms with E-state index in [2.05, 4.69) is 10.9 Å². The summed E-state index contributed by atoms with van der Waals surface area (Å²) in [6.45, 7) is 2.22. The number of ketones is 1. The van der Waals surface area contributed by atoms with Crippen molar-refractivity contribution in [2.45, 2.75) is 32.6 Å². The Hall–Kier alpha value is -2.57. The molecule has 0 saturated carbocycles. The van der Waals surface area contributed by atoms with Gasteiger partial charge in [0, 0.05) is 29.8 Å². The van der Waals surface area contributed by atoms with Crippen LogP contribution in [-0.4, -0.2) is 24.2 Å². The number of aryl methyl sites for hydroxylation is 1. The molecule has 29 heavy (non-hydrogen) atoms. The summed E-state index contributed by atoms with van der Waals surface area (Å²) in [5.74, 6) is -0.412. The van der Waals surface area contributed by atoms with Gasteiger partial charge in [-0.15, -0.1) is 0 Å². The van der Waals surface area contributed by atoms with Crippen molar-refractivity contribution in [2.75, 3.05) is 6.61 Å². The zero-order valence-electron chi connectivity index (χ0n) is 16.0. The summed E-state index contributed by atoms with van der Waals surface area (Å²) in [5, 5.41) is 0.910. The van der Waals surface area contributed by atoms with Crippen LogP contribution in [0.5, 0.6) is 5.75 Å². The molecule has 0 radical (unpaired) electrons. The van der Waals surface area contributed by atoms with Crippen molar-refractivity contribution in [3.63, 3.8) is 0 Å². The quantitative estimate of drug-likeness (QED) is 0.349. The van der Waals surface area contributed by atoms with Crippen LogP contribution in [0.25, 0.3) is 0 Å². The number of nitrogens with one attached hydrogen (secondary N) is 2. The molecule has 0 spiro atoms. The highest BCUT2D eigenvalue weighted by atomic mass is 35.5. The Labute approximate surface area is 179 Å². The summed E-state index contributed by atoms with van der Waals surface area (Å²) < 4.78 is 5.49. The van der Waals surface area contributed by atoms with Gasteiger partial charge in [-0.3, -0.25) is 25.2 Å². The number of carbonyl (C=O) groups excluding carboxylic acids is 3. The van der Waals surface area contributed by atoms with Crippen LogP contribution in [-0.2, 0) is 9.59 Å². The van der Waals surface area contributed by atoms with Gasteiger partial charge >= 0.3 is 0 Å². The number of hydrazine groups is 1. The first-order chi connectivity index (χ1) is 13.8. The SMILES string of the molecule is Cc1ccc(C(=O)CCC(=O)NNC(=O)CCCOc2ccc(Cl)cc2Cl)cc1. The minimum atomic E-state index is -0.428. The summed E-state index contributed by atoms with van der Waals surface area (Å²) in [7, 11) is 0. The first kappa shape index (κ1) is 22.7. The zero-order valence-corrected chi connectivity index (χ0v) is 17.5. The van der Waals surface area contributed by atoms with E-state index in [0.29, 0.717) is 27.8 Å². The van der Waals surface area contributed by atoms with Gasteiger partial charge in [0.05, 0.1) is 11.6 Å². The molecule has 6 nitrogen and oxygen atoms in total. The van der Waals surface area contributed by atoms with Crippen LogP contribution in [0.1, 0.15) is 41.6 Å². The number of Topliss-reactive ketones (excluding diaryl/α,β-unsaturated/α-hetero) is 1. The largest absolute Gasteiger partial charge is 0.492 e. The Morgan fingerprint density at radius 2 is 1.55 bits per heavy atom. The third-order valence-corrected chi connectivity index (χ3v) is 4.52. The molecular weight excluding hydrogens is 415 g/mol. The smallest absolute Gasteiger partial charge is 0.238 e. The molecular formula is C21H22Cl2N2O4. The molecule has 2 N–H and O–H groups in total. The number of benzene rings is 2. The molecule has 0 unspecified atom stereocenters. The number of carbonyl (C=O) groups is 3. The maximum absolute atomic E-state index is 12.0. The van der Waals surface area contributed by atoms with Gasteiger partial charge in [-0.05, 0) is 31.5 Å². The predicted molar refractivity (Wildman–Crippen MR) is 112 cm³/mol. The summed E-state index contributed by atoms with van der Waals surface area (Å²) >= 11 is 11.8. The molecule has 0 aliphatic carbocycles. The topological polar surface area (TPSA) is 84.5 Å². The Balaban J connectivity index is 1.60. The molecule has 8 heteroatoms. The lowest BCUT2D eigenvalue weighted by atomic mass is 10.1. The summed E-state index contributed by atoms with van der Waals surface area (Å²) in [6, 6.07) is 12.0. The minimum absolute atomic E-state index is 0.00876. The van der Waals surface area contributed by atoms with E-state index in [1.54, 1.807) is 30.3 Å². The molecule has 0 atom stereocenters. The Kier molecular flexibility index (Phi) is 8.96. The van der Waals surface area contributed by atoms with Gasteiger partial charge in [0.25, 0.3) is 0 Å². The average molecular weight is 437 g/mol. The molecule has 2 amide bonds. The molecule has 0 saturated heterocycles. The number of amides is 2. The number of halogens is 2. The van der Waals surface area contributed by atoms with Gasteiger partial charge in [0.1, 0.15) is 5.75 Å². The fourth-order valence-corrected chi connectivity index (χ4v) is 2.85. The predicted octanol–water partition coefficient (Wildman–Crippen LogP) is 4.27. The van der Waals surface area contributed by atoms with E-state index >= 15 is 0 Å². The normalized spacial score (nSPS) is 10.3. The zero-order chi connectivity index (χ0) is 21.2.